The first-order valence-electron chi connectivity index (χ1n) is 11.7. The summed E-state index contributed by atoms with van der Waals surface area (Å²) in [7, 11) is 6.43. The zero-order chi connectivity index (χ0) is 26.1. The number of hydrogen-bond donors (Lipinski definition) is 1. The standard InChI is InChI=1S/C25H35N3O8/c1-26(17-24(32-3)33-4)25(31)21-14-18(15-23(36-21)35-13-12-34-11-10-29)20-16-22(30)28(27(20)2)19-8-6-5-7-9-19/h5-9,14,16,18,23-24,29H,10-13,15,17H2,1-4H3/t18-,23+/m0/s1. The molecule has 11 heteroatoms. The van der Waals surface area contributed by atoms with E-state index >= 15 is 0 Å². The molecule has 1 aromatic carbocycles. The first-order valence-corrected chi connectivity index (χ1v) is 11.7. The second-order valence-corrected chi connectivity index (χ2v) is 8.29. The molecule has 3 rings (SSSR count). The normalized spacial score (nSPS) is 17.7. The molecule has 0 unspecified atom stereocenters. The Labute approximate surface area is 210 Å². The topological polar surface area (TPSA) is 114 Å². The number of rotatable bonds is 13. The smallest absolute Gasteiger partial charge is 0.288 e. The molecule has 0 saturated carbocycles. The van der Waals surface area contributed by atoms with Crippen molar-refractivity contribution < 1.29 is 33.6 Å². The van der Waals surface area contributed by atoms with Crippen LogP contribution in [0.1, 0.15) is 18.0 Å². The molecule has 0 radical (unpaired) electrons. The van der Waals surface area contributed by atoms with Crippen molar-refractivity contribution >= 4 is 5.91 Å². The fourth-order valence-corrected chi connectivity index (χ4v) is 4.02. The molecule has 0 aliphatic carbocycles. The Kier molecular flexibility index (Phi) is 10.3. The quantitative estimate of drug-likeness (QED) is 0.317. The molecule has 2 atom stereocenters. The molecule has 1 amide bonds. The highest BCUT2D eigenvalue weighted by molar-refractivity contribution is 5.91. The summed E-state index contributed by atoms with van der Waals surface area (Å²) in [4.78, 5) is 27.6. The minimum Gasteiger partial charge on any atom is -0.459 e. The number of benzene rings is 1. The van der Waals surface area contributed by atoms with Crippen LogP contribution >= 0.6 is 0 Å². The van der Waals surface area contributed by atoms with Gasteiger partial charge in [-0.05, 0) is 18.2 Å². The van der Waals surface area contributed by atoms with Gasteiger partial charge in [0.25, 0.3) is 11.5 Å². The number of amides is 1. The van der Waals surface area contributed by atoms with E-state index in [9.17, 15) is 9.59 Å². The summed E-state index contributed by atoms with van der Waals surface area (Å²) in [5, 5.41) is 8.87. The number of para-hydroxylation sites is 1. The third-order valence-electron chi connectivity index (χ3n) is 5.87. The zero-order valence-corrected chi connectivity index (χ0v) is 21.2. The largest absolute Gasteiger partial charge is 0.459 e. The number of nitrogens with zero attached hydrogens (tertiary/aromatic N) is 3. The van der Waals surface area contributed by atoms with Gasteiger partial charge in [-0.2, -0.15) is 0 Å². The molecule has 36 heavy (non-hydrogen) atoms. The lowest BCUT2D eigenvalue weighted by atomic mass is 9.97. The van der Waals surface area contributed by atoms with E-state index in [0.29, 0.717) is 6.42 Å². The number of hydrogen-bond acceptors (Lipinski definition) is 8. The van der Waals surface area contributed by atoms with Crippen molar-refractivity contribution in [3.8, 4) is 5.69 Å². The van der Waals surface area contributed by atoms with Gasteiger partial charge in [-0.3, -0.25) is 14.3 Å². The van der Waals surface area contributed by atoms with E-state index in [2.05, 4.69) is 0 Å². The highest BCUT2D eigenvalue weighted by atomic mass is 16.7. The van der Waals surface area contributed by atoms with Gasteiger partial charge in [0, 0.05) is 52.4 Å². The number of carbonyl (C=O) groups is 1. The van der Waals surface area contributed by atoms with Gasteiger partial charge in [0.2, 0.25) is 6.29 Å². The number of methoxy groups -OCH3 is 2. The predicted molar refractivity (Wildman–Crippen MR) is 131 cm³/mol. The van der Waals surface area contributed by atoms with Crippen molar-refractivity contribution in [2.45, 2.75) is 24.9 Å². The molecule has 198 valence electrons. The fourth-order valence-electron chi connectivity index (χ4n) is 4.02. The maximum Gasteiger partial charge on any atom is 0.288 e. The lowest BCUT2D eigenvalue weighted by Crippen LogP contribution is -2.39. The molecule has 1 N–H and O–H groups in total. The Morgan fingerprint density at radius 1 is 1.19 bits per heavy atom. The number of aromatic nitrogens is 2. The van der Waals surface area contributed by atoms with Crippen molar-refractivity contribution in [2.24, 2.45) is 7.05 Å². The fraction of sp³-hybridized carbons (Fsp3) is 0.520. The van der Waals surface area contributed by atoms with Gasteiger partial charge in [0.05, 0.1) is 38.7 Å². The zero-order valence-electron chi connectivity index (χ0n) is 21.2. The Balaban J connectivity index is 1.87. The molecule has 2 aromatic rings. The Morgan fingerprint density at radius 3 is 2.58 bits per heavy atom. The van der Waals surface area contributed by atoms with Crippen LogP contribution < -0.4 is 5.56 Å². The van der Waals surface area contributed by atoms with E-state index in [1.807, 2.05) is 30.3 Å². The predicted octanol–water partition coefficient (Wildman–Crippen LogP) is 0.993. The van der Waals surface area contributed by atoms with Crippen LogP contribution in [0.5, 0.6) is 0 Å². The summed E-state index contributed by atoms with van der Waals surface area (Å²) in [6.07, 6.45) is 0.793. The number of carbonyl (C=O) groups excluding carboxylic acids is 1. The van der Waals surface area contributed by atoms with Crippen LogP contribution in [-0.4, -0.2) is 92.1 Å². The number of aliphatic hydroxyl groups excluding tert-OH is 1. The average Bonchev–Trinajstić information content (AvgIpc) is 3.20. The van der Waals surface area contributed by atoms with Gasteiger partial charge < -0.3 is 33.7 Å². The van der Waals surface area contributed by atoms with Crippen LogP contribution in [0.4, 0.5) is 0 Å². The third kappa shape index (κ3) is 6.83. The number of likely N-dealkylation sites (N-methyl/N-ethyl adjacent to an activating group) is 1. The Morgan fingerprint density at radius 2 is 1.92 bits per heavy atom. The van der Waals surface area contributed by atoms with E-state index < -0.39 is 12.6 Å². The van der Waals surface area contributed by atoms with E-state index in [1.165, 1.54) is 19.1 Å². The molecule has 0 saturated heterocycles. The van der Waals surface area contributed by atoms with Crippen molar-refractivity contribution in [2.75, 3.05) is 54.2 Å². The maximum absolute atomic E-state index is 13.2. The van der Waals surface area contributed by atoms with Crippen molar-refractivity contribution in [1.82, 2.24) is 14.3 Å². The first kappa shape index (κ1) is 27.6. The monoisotopic (exact) mass is 505 g/mol. The lowest BCUT2D eigenvalue weighted by molar-refractivity contribution is -0.161. The molecular weight excluding hydrogens is 470 g/mol. The molecule has 1 aromatic heterocycles. The molecule has 0 fully saturated rings. The van der Waals surface area contributed by atoms with Gasteiger partial charge >= 0.3 is 0 Å². The van der Waals surface area contributed by atoms with E-state index in [4.69, 9.17) is 28.8 Å². The van der Waals surface area contributed by atoms with Gasteiger partial charge in [-0.1, -0.05) is 18.2 Å². The highest BCUT2D eigenvalue weighted by Gasteiger charge is 2.32. The van der Waals surface area contributed by atoms with Gasteiger partial charge in [-0.25, -0.2) is 4.68 Å². The summed E-state index contributed by atoms with van der Waals surface area (Å²) >= 11 is 0. The molecule has 0 bridgehead atoms. The lowest BCUT2D eigenvalue weighted by Gasteiger charge is -2.31. The van der Waals surface area contributed by atoms with E-state index in [0.717, 1.165) is 11.4 Å². The number of ether oxygens (including phenoxy) is 5. The summed E-state index contributed by atoms with van der Waals surface area (Å²) in [5.74, 6) is -0.574. The Bertz CT molecular complexity index is 1060. The van der Waals surface area contributed by atoms with Crippen LogP contribution in [-0.2, 0) is 35.5 Å². The summed E-state index contributed by atoms with van der Waals surface area (Å²) in [5.41, 5.74) is 1.28. The highest BCUT2D eigenvalue weighted by Crippen LogP contribution is 2.32. The Hall–Kier alpha value is -2.96. The molecule has 1 aliphatic rings. The van der Waals surface area contributed by atoms with E-state index in [-0.39, 0.29) is 56.1 Å². The van der Waals surface area contributed by atoms with Crippen LogP contribution in [0.25, 0.3) is 5.69 Å². The minimum atomic E-state index is -0.735. The van der Waals surface area contributed by atoms with Crippen molar-refractivity contribution in [3.63, 3.8) is 0 Å². The molecule has 0 spiro atoms. The summed E-state index contributed by atoms with van der Waals surface area (Å²) in [6, 6.07) is 10.9. The second kappa shape index (κ2) is 13.4. The molecule has 11 nitrogen and oxygen atoms in total. The second-order valence-electron chi connectivity index (χ2n) is 8.29. The van der Waals surface area contributed by atoms with Gasteiger partial charge in [0.1, 0.15) is 0 Å². The molecule has 1 aliphatic heterocycles. The van der Waals surface area contributed by atoms with Crippen LogP contribution in [0.2, 0.25) is 0 Å². The summed E-state index contributed by atoms with van der Waals surface area (Å²) in [6.45, 7) is 0.812. The maximum atomic E-state index is 13.2. The summed E-state index contributed by atoms with van der Waals surface area (Å²) < 4.78 is 30.8. The average molecular weight is 506 g/mol. The number of aliphatic hydroxyl groups is 1. The van der Waals surface area contributed by atoms with Crippen LogP contribution in [0.3, 0.4) is 0 Å². The minimum absolute atomic E-state index is 0.0773. The van der Waals surface area contributed by atoms with Gasteiger partial charge in [0.15, 0.2) is 12.0 Å². The first-order chi connectivity index (χ1) is 17.4. The van der Waals surface area contributed by atoms with Crippen molar-refractivity contribution in [1.29, 1.82) is 0 Å². The van der Waals surface area contributed by atoms with Crippen LogP contribution in [0.15, 0.2) is 53.0 Å². The third-order valence-corrected chi connectivity index (χ3v) is 5.87. The van der Waals surface area contributed by atoms with Crippen molar-refractivity contribution in [3.05, 3.63) is 64.3 Å². The molecular formula is C25H35N3O8. The number of allylic oxidation sites excluding steroid dienone is 1. The SMILES string of the molecule is COC(CN(C)C(=O)C1=C[C@H](c2cc(=O)n(-c3ccccc3)n2C)C[C@H](OCCOCCO)O1)OC. The van der Waals surface area contributed by atoms with Gasteiger partial charge in [-0.15, -0.1) is 0 Å². The van der Waals surface area contributed by atoms with Crippen LogP contribution in [0, 0.1) is 0 Å². The van der Waals surface area contributed by atoms with E-state index in [1.54, 1.807) is 35.6 Å². The molecule has 2 heterocycles.